The third-order valence-electron chi connectivity index (χ3n) is 4.14. The molecule has 140 valence electrons. The zero-order valence-corrected chi connectivity index (χ0v) is 16.0. The fourth-order valence-electron chi connectivity index (χ4n) is 2.71. The van der Waals surface area contributed by atoms with Crippen molar-refractivity contribution < 1.29 is 9.53 Å². The van der Waals surface area contributed by atoms with E-state index in [0.29, 0.717) is 23.7 Å². The number of benzene rings is 2. The van der Waals surface area contributed by atoms with E-state index in [-0.39, 0.29) is 5.91 Å². The molecule has 1 amide bonds. The molecular weight excluding hydrogens is 372 g/mol. The highest BCUT2D eigenvalue weighted by Gasteiger charge is 2.16. The first kappa shape index (κ1) is 17.9. The minimum Gasteiger partial charge on any atom is -0.486 e. The third-order valence-corrected chi connectivity index (χ3v) is 4.78. The van der Waals surface area contributed by atoms with Crippen molar-refractivity contribution in [1.29, 1.82) is 0 Å². The molecule has 2 aromatic carbocycles. The SMILES string of the molecule is Cc1cn(-c2ccccc2)nc1NC(=O)c1ccccc1OCc1cscn1. The lowest BCUT2D eigenvalue weighted by Crippen LogP contribution is -2.15. The minimum atomic E-state index is -0.268. The Bertz CT molecular complexity index is 1080. The summed E-state index contributed by atoms with van der Waals surface area (Å²) < 4.78 is 7.55. The second kappa shape index (κ2) is 8.06. The predicted octanol–water partition coefficient (Wildman–Crippen LogP) is 4.47. The second-order valence-electron chi connectivity index (χ2n) is 6.16. The molecule has 0 fully saturated rings. The summed E-state index contributed by atoms with van der Waals surface area (Å²) in [5.41, 5.74) is 4.84. The molecule has 4 aromatic rings. The first-order valence-corrected chi connectivity index (χ1v) is 9.67. The molecule has 0 spiro atoms. The summed E-state index contributed by atoms with van der Waals surface area (Å²) >= 11 is 1.51. The van der Waals surface area contributed by atoms with Gasteiger partial charge in [0.2, 0.25) is 0 Å². The van der Waals surface area contributed by atoms with Gasteiger partial charge in [-0.3, -0.25) is 4.79 Å². The van der Waals surface area contributed by atoms with E-state index in [4.69, 9.17) is 4.74 Å². The number of hydrogen-bond acceptors (Lipinski definition) is 5. The molecule has 0 bridgehead atoms. The van der Waals surface area contributed by atoms with Crippen LogP contribution in [0.25, 0.3) is 5.69 Å². The molecule has 0 aliphatic heterocycles. The Hall–Kier alpha value is -3.45. The van der Waals surface area contributed by atoms with Gasteiger partial charge in [0, 0.05) is 17.1 Å². The number of hydrogen-bond donors (Lipinski definition) is 1. The van der Waals surface area contributed by atoms with Crippen LogP contribution in [0.5, 0.6) is 5.75 Å². The molecule has 6 nitrogen and oxygen atoms in total. The Morgan fingerprint density at radius 1 is 1.14 bits per heavy atom. The maximum absolute atomic E-state index is 12.8. The number of carbonyl (C=O) groups excluding carboxylic acids is 1. The van der Waals surface area contributed by atoms with Gasteiger partial charge in [-0.25, -0.2) is 9.67 Å². The molecule has 2 aromatic heterocycles. The topological polar surface area (TPSA) is 69.0 Å². The fourth-order valence-corrected chi connectivity index (χ4v) is 3.26. The lowest BCUT2D eigenvalue weighted by atomic mass is 10.2. The molecule has 0 unspecified atom stereocenters. The van der Waals surface area contributed by atoms with Gasteiger partial charge in [-0.15, -0.1) is 16.4 Å². The van der Waals surface area contributed by atoms with Crippen molar-refractivity contribution in [3.63, 3.8) is 0 Å². The van der Waals surface area contributed by atoms with E-state index in [1.165, 1.54) is 11.3 Å². The number of thiazole rings is 1. The van der Waals surface area contributed by atoms with E-state index in [2.05, 4.69) is 15.4 Å². The normalized spacial score (nSPS) is 10.6. The van der Waals surface area contributed by atoms with E-state index < -0.39 is 0 Å². The lowest BCUT2D eigenvalue weighted by molar-refractivity contribution is 0.102. The Morgan fingerprint density at radius 3 is 2.71 bits per heavy atom. The van der Waals surface area contributed by atoms with Crippen LogP contribution in [0.4, 0.5) is 5.82 Å². The number of aromatic nitrogens is 3. The smallest absolute Gasteiger partial charge is 0.260 e. The number of amides is 1. The predicted molar refractivity (Wildman–Crippen MR) is 109 cm³/mol. The number of ether oxygens (including phenoxy) is 1. The van der Waals surface area contributed by atoms with Crippen molar-refractivity contribution in [2.45, 2.75) is 13.5 Å². The summed E-state index contributed by atoms with van der Waals surface area (Å²) in [4.78, 5) is 17.0. The van der Waals surface area contributed by atoms with Crippen molar-refractivity contribution in [2.75, 3.05) is 5.32 Å². The largest absolute Gasteiger partial charge is 0.486 e. The number of aryl methyl sites for hydroxylation is 1. The zero-order chi connectivity index (χ0) is 19.3. The van der Waals surface area contributed by atoms with Gasteiger partial charge in [-0.2, -0.15) is 0 Å². The molecule has 7 heteroatoms. The summed E-state index contributed by atoms with van der Waals surface area (Å²) in [5.74, 6) is 0.756. The van der Waals surface area contributed by atoms with Gasteiger partial charge >= 0.3 is 0 Å². The van der Waals surface area contributed by atoms with Crippen molar-refractivity contribution in [3.05, 3.63) is 88.5 Å². The van der Waals surface area contributed by atoms with Gasteiger partial charge < -0.3 is 10.1 Å². The standard InChI is InChI=1S/C21H18N4O2S/c1-15-11-25(17-7-3-2-4-8-17)24-20(15)23-21(26)18-9-5-6-10-19(18)27-12-16-13-28-14-22-16/h2-11,13-14H,12H2,1H3,(H,23,24,26). The average molecular weight is 390 g/mol. The molecule has 28 heavy (non-hydrogen) atoms. The van der Waals surface area contributed by atoms with Crippen LogP contribution >= 0.6 is 11.3 Å². The maximum Gasteiger partial charge on any atom is 0.260 e. The van der Waals surface area contributed by atoms with Crippen LogP contribution in [0.15, 0.2) is 71.7 Å². The van der Waals surface area contributed by atoms with Crippen LogP contribution in [0.2, 0.25) is 0 Å². The van der Waals surface area contributed by atoms with Gasteiger partial charge in [0.25, 0.3) is 5.91 Å². The number of para-hydroxylation sites is 2. The molecule has 0 atom stereocenters. The molecule has 0 saturated carbocycles. The first-order chi connectivity index (χ1) is 13.7. The Morgan fingerprint density at radius 2 is 1.93 bits per heavy atom. The van der Waals surface area contributed by atoms with Gasteiger partial charge in [0.1, 0.15) is 12.4 Å². The quantitative estimate of drug-likeness (QED) is 0.527. The van der Waals surface area contributed by atoms with Crippen molar-refractivity contribution in [2.24, 2.45) is 0 Å². The maximum atomic E-state index is 12.8. The molecule has 0 saturated heterocycles. The minimum absolute atomic E-state index is 0.268. The van der Waals surface area contributed by atoms with Crippen LogP contribution in [0.3, 0.4) is 0 Å². The lowest BCUT2D eigenvalue weighted by Gasteiger charge is -2.10. The first-order valence-electron chi connectivity index (χ1n) is 8.72. The number of carbonyl (C=O) groups is 1. The number of anilines is 1. The van der Waals surface area contributed by atoms with Crippen LogP contribution in [-0.4, -0.2) is 20.7 Å². The van der Waals surface area contributed by atoms with Gasteiger partial charge in [-0.05, 0) is 31.2 Å². The molecule has 2 heterocycles. The zero-order valence-electron chi connectivity index (χ0n) is 15.2. The molecule has 0 aliphatic carbocycles. The van der Waals surface area contributed by atoms with Crippen LogP contribution in [0.1, 0.15) is 21.6 Å². The molecular formula is C21H18N4O2S. The van der Waals surface area contributed by atoms with Crippen LogP contribution in [0, 0.1) is 6.92 Å². The summed E-state index contributed by atoms with van der Waals surface area (Å²) in [6, 6.07) is 16.9. The highest BCUT2D eigenvalue weighted by Crippen LogP contribution is 2.22. The van der Waals surface area contributed by atoms with Crippen LogP contribution in [-0.2, 0) is 6.61 Å². The summed E-state index contributed by atoms with van der Waals surface area (Å²) in [6.07, 6.45) is 1.88. The monoisotopic (exact) mass is 390 g/mol. The van der Waals surface area contributed by atoms with E-state index in [1.54, 1.807) is 28.4 Å². The highest BCUT2D eigenvalue weighted by atomic mass is 32.1. The van der Waals surface area contributed by atoms with Gasteiger partial charge in [-0.1, -0.05) is 30.3 Å². The summed E-state index contributed by atoms with van der Waals surface area (Å²) in [6.45, 7) is 2.22. The van der Waals surface area contributed by atoms with Crippen LogP contribution < -0.4 is 10.1 Å². The van der Waals surface area contributed by atoms with E-state index >= 15 is 0 Å². The Labute approximate surface area is 166 Å². The fraction of sp³-hybridized carbons (Fsp3) is 0.0952. The third kappa shape index (κ3) is 3.94. The molecule has 1 N–H and O–H groups in total. The summed E-state index contributed by atoms with van der Waals surface area (Å²) in [5, 5.41) is 9.30. The molecule has 0 radical (unpaired) electrons. The molecule has 0 aliphatic rings. The Kier molecular flexibility index (Phi) is 5.16. The van der Waals surface area contributed by atoms with E-state index in [9.17, 15) is 4.79 Å². The number of nitrogens with one attached hydrogen (secondary N) is 1. The van der Waals surface area contributed by atoms with E-state index in [0.717, 1.165) is 16.9 Å². The van der Waals surface area contributed by atoms with E-state index in [1.807, 2.05) is 54.9 Å². The summed E-state index contributed by atoms with van der Waals surface area (Å²) in [7, 11) is 0. The Balaban J connectivity index is 1.52. The number of rotatable bonds is 6. The van der Waals surface area contributed by atoms with Crippen molar-refractivity contribution in [3.8, 4) is 11.4 Å². The second-order valence-corrected chi connectivity index (χ2v) is 6.88. The average Bonchev–Trinajstić information content (AvgIpc) is 3.37. The van der Waals surface area contributed by atoms with Crippen molar-refractivity contribution >= 4 is 23.1 Å². The molecule has 4 rings (SSSR count). The van der Waals surface area contributed by atoms with Gasteiger partial charge in [0.05, 0.1) is 22.5 Å². The van der Waals surface area contributed by atoms with Crippen molar-refractivity contribution in [1.82, 2.24) is 14.8 Å². The highest BCUT2D eigenvalue weighted by molar-refractivity contribution is 7.07. The number of nitrogens with zero attached hydrogens (tertiary/aromatic N) is 3. The van der Waals surface area contributed by atoms with Gasteiger partial charge in [0.15, 0.2) is 5.82 Å².